The molecule has 62 heavy (non-hydrogen) atoms. The van der Waals surface area contributed by atoms with Crippen LogP contribution in [0.25, 0.3) is 32.9 Å². The molecule has 0 bridgehead atoms. The van der Waals surface area contributed by atoms with Crippen LogP contribution in [0.1, 0.15) is 0 Å². The third-order valence-corrected chi connectivity index (χ3v) is 14.1. The Kier molecular flexibility index (Phi) is 10.0. The quantitative estimate of drug-likeness (QED) is 0.130. The summed E-state index contributed by atoms with van der Waals surface area (Å²) < 4.78 is 66.0. The lowest BCUT2D eigenvalue weighted by molar-refractivity contribution is 0.481. The van der Waals surface area contributed by atoms with Crippen molar-refractivity contribution in [2.75, 3.05) is 0 Å². The van der Waals surface area contributed by atoms with Gasteiger partial charge in [-0.1, -0.05) is 35.3 Å². The van der Waals surface area contributed by atoms with Crippen molar-refractivity contribution >= 4 is 64.4 Å². The van der Waals surface area contributed by atoms with Crippen molar-refractivity contribution in [3.05, 3.63) is 209 Å². The van der Waals surface area contributed by atoms with Crippen LogP contribution in [-0.4, -0.2) is 26.0 Å². The third-order valence-electron chi connectivity index (χ3n) is 10.0. The van der Waals surface area contributed by atoms with Gasteiger partial charge in [0.05, 0.1) is 52.5 Å². The first-order valence-electron chi connectivity index (χ1n) is 18.4. The topological polar surface area (TPSA) is 165 Å². The molecule has 9 rings (SSSR count). The SMILES string of the molecule is O=c1c2cc3c(=O)n(-c4cccc(Oc5ccc(S(=O)(=O)c6ccc(Cl)cc6)cc5)c4)c(=O)c3cc2c(=O)n1-c1cccc(Oc2ccc(S(=O)(=O)c3ccc(Cl)cc3)cc2)c1. The Labute approximate surface area is 361 Å². The average Bonchev–Trinajstić information content (AvgIpc) is 3.66. The second-order valence-corrected chi connectivity index (χ2v) is 18.7. The highest BCUT2D eigenvalue weighted by atomic mass is 35.5. The van der Waals surface area contributed by atoms with Crippen LogP contribution in [0.2, 0.25) is 10.0 Å². The molecule has 0 amide bonds. The van der Waals surface area contributed by atoms with Crippen LogP contribution in [0.3, 0.4) is 0 Å². The molecule has 0 N–H and O–H groups in total. The Morgan fingerprint density at radius 3 is 0.952 bits per heavy atom. The molecule has 0 aliphatic rings. The molecule has 0 fully saturated rings. The van der Waals surface area contributed by atoms with E-state index in [0.717, 1.165) is 9.13 Å². The zero-order chi connectivity index (χ0) is 43.5. The maximum atomic E-state index is 13.8. The van der Waals surface area contributed by atoms with Gasteiger partial charge in [-0.15, -0.1) is 0 Å². The molecule has 0 spiro atoms. The maximum Gasteiger partial charge on any atom is 0.266 e. The summed E-state index contributed by atoms with van der Waals surface area (Å²) in [6.45, 7) is 0. The van der Waals surface area contributed by atoms with Gasteiger partial charge in [0.2, 0.25) is 19.7 Å². The molecule has 7 aromatic carbocycles. The predicted molar refractivity (Wildman–Crippen MR) is 234 cm³/mol. The van der Waals surface area contributed by atoms with E-state index in [0.29, 0.717) is 10.0 Å². The Balaban J connectivity index is 0.975. The Morgan fingerprint density at radius 1 is 0.355 bits per heavy atom. The van der Waals surface area contributed by atoms with E-state index in [1.807, 2.05) is 0 Å². The van der Waals surface area contributed by atoms with Gasteiger partial charge in [-0.2, -0.15) is 0 Å². The lowest BCUT2D eigenvalue weighted by Crippen LogP contribution is -2.24. The summed E-state index contributed by atoms with van der Waals surface area (Å²) in [4.78, 5) is 55.4. The predicted octanol–water partition coefficient (Wildman–Crippen LogP) is 8.45. The van der Waals surface area contributed by atoms with Crippen molar-refractivity contribution in [3.63, 3.8) is 0 Å². The van der Waals surface area contributed by atoms with E-state index in [9.17, 15) is 36.0 Å². The molecule has 9 aromatic rings. The number of benzene rings is 7. The normalized spacial score (nSPS) is 11.9. The van der Waals surface area contributed by atoms with E-state index in [4.69, 9.17) is 32.7 Å². The zero-order valence-electron chi connectivity index (χ0n) is 31.6. The van der Waals surface area contributed by atoms with Gasteiger partial charge in [0.25, 0.3) is 22.2 Å². The lowest BCUT2D eigenvalue weighted by Gasteiger charge is -2.09. The number of nitrogens with zero attached hydrogens (tertiary/aromatic N) is 2. The Hall–Kier alpha value is -7.10. The van der Waals surface area contributed by atoms with E-state index in [1.54, 1.807) is 24.3 Å². The molecule has 0 radical (unpaired) electrons. The minimum atomic E-state index is -3.82. The number of hydrogen-bond acceptors (Lipinski definition) is 10. The first-order chi connectivity index (χ1) is 29.7. The number of rotatable bonds is 10. The van der Waals surface area contributed by atoms with Crippen LogP contribution >= 0.6 is 23.2 Å². The fourth-order valence-corrected chi connectivity index (χ4v) is 9.73. The minimum absolute atomic E-state index is 0.0352. The minimum Gasteiger partial charge on any atom is -0.457 e. The summed E-state index contributed by atoms with van der Waals surface area (Å²) in [5.41, 5.74) is -2.56. The average molecular weight is 902 g/mol. The number of hydrogen-bond donors (Lipinski definition) is 0. The lowest BCUT2D eigenvalue weighted by atomic mass is 10.1. The van der Waals surface area contributed by atoms with Gasteiger partial charge in [-0.25, -0.2) is 26.0 Å². The second-order valence-electron chi connectivity index (χ2n) is 13.9. The fourth-order valence-electron chi connectivity index (χ4n) is 6.96. The van der Waals surface area contributed by atoms with Gasteiger partial charge in [0.15, 0.2) is 0 Å². The molecule has 0 atom stereocenters. The van der Waals surface area contributed by atoms with Crippen molar-refractivity contribution < 1.29 is 26.3 Å². The van der Waals surface area contributed by atoms with Crippen molar-refractivity contribution in [1.82, 2.24) is 9.13 Å². The van der Waals surface area contributed by atoms with Crippen molar-refractivity contribution in [2.24, 2.45) is 0 Å². The summed E-state index contributed by atoms with van der Waals surface area (Å²) in [7, 11) is -7.63. The first-order valence-corrected chi connectivity index (χ1v) is 22.1. The van der Waals surface area contributed by atoms with Gasteiger partial charge in [0.1, 0.15) is 23.0 Å². The summed E-state index contributed by atoms with van der Waals surface area (Å²) in [6.07, 6.45) is 0. The molecule has 0 saturated heterocycles. The fraction of sp³-hybridized carbons (Fsp3) is 0. The van der Waals surface area contributed by atoms with E-state index >= 15 is 0 Å². The summed E-state index contributed by atoms with van der Waals surface area (Å²) in [5, 5.41) is 0.524. The highest BCUT2D eigenvalue weighted by molar-refractivity contribution is 7.91. The number of aromatic nitrogens is 2. The first kappa shape index (κ1) is 40.3. The van der Waals surface area contributed by atoms with Gasteiger partial charge >= 0.3 is 0 Å². The molecule has 2 aromatic heterocycles. The van der Waals surface area contributed by atoms with E-state index in [1.165, 1.54) is 133 Å². The monoisotopic (exact) mass is 900 g/mol. The number of sulfone groups is 2. The maximum absolute atomic E-state index is 13.8. The number of halogens is 2. The highest BCUT2D eigenvalue weighted by Crippen LogP contribution is 2.30. The second kappa shape index (κ2) is 15.4. The van der Waals surface area contributed by atoms with Gasteiger partial charge in [0, 0.05) is 22.2 Å². The molecule has 0 saturated carbocycles. The molecule has 2 heterocycles. The number of fused-ring (bicyclic) bond motifs is 2. The van der Waals surface area contributed by atoms with Gasteiger partial charge in [-0.05, 0) is 133 Å². The van der Waals surface area contributed by atoms with Crippen LogP contribution in [0.5, 0.6) is 23.0 Å². The number of ether oxygens (including phenoxy) is 2. The summed E-state index contributed by atoms with van der Waals surface area (Å²) in [6, 6.07) is 37.8. The smallest absolute Gasteiger partial charge is 0.266 e. The highest BCUT2D eigenvalue weighted by Gasteiger charge is 2.23. The van der Waals surface area contributed by atoms with E-state index in [-0.39, 0.29) is 75.5 Å². The van der Waals surface area contributed by atoms with Crippen LogP contribution < -0.4 is 31.7 Å². The van der Waals surface area contributed by atoms with Gasteiger partial charge in [-0.3, -0.25) is 19.2 Å². The Morgan fingerprint density at radius 2 is 0.645 bits per heavy atom. The van der Waals surface area contributed by atoms with Crippen LogP contribution in [-0.2, 0) is 19.7 Å². The summed E-state index contributed by atoms with van der Waals surface area (Å²) in [5.74, 6) is 1.04. The van der Waals surface area contributed by atoms with E-state index in [2.05, 4.69) is 0 Å². The molecule has 12 nitrogen and oxygen atoms in total. The van der Waals surface area contributed by atoms with E-state index < -0.39 is 41.9 Å². The molecular weight excluding hydrogens is 876 g/mol. The molecule has 0 aliphatic carbocycles. The van der Waals surface area contributed by atoms with Crippen LogP contribution in [0.4, 0.5) is 0 Å². The largest absolute Gasteiger partial charge is 0.457 e. The van der Waals surface area contributed by atoms with Crippen molar-refractivity contribution in [1.29, 1.82) is 0 Å². The molecule has 16 heteroatoms. The van der Waals surface area contributed by atoms with Crippen LogP contribution in [0, 0.1) is 0 Å². The van der Waals surface area contributed by atoms with Gasteiger partial charge < -0.3 is 9.47 Å². The van der Waals surface area contributed by atoms with Crippen molar-refractivity contribution in [2.45, 2.75) is 19.6 Å². The third kappa shape index (κ3) is 7.18. The summed E-state index contributed by atoms with van der Waals surface area (Å²) >= 11 is 11.8. The molecule has 306 valence electrons. The van der Waals surface area contributed by atoms with Crippen LogP contribution in [0.15, 0.2) is 196 Å². The zero-order valence-corrected chi connectivity index (χ0v) is 34.7. The molecule has 0 aliphatic heterocycles. The molecule has 0 unspecified atom stereocenters. The standard InChI is InChI=1S/C46H26Cl2N2O10S2/c47-27-7-15-35(16-8-27)61(55,56)37-19-11-31(12-20-37)59-33-5-1-3-29(23-33)49-43(51)39-25-41-42(26-40(39)44(49)52)46(54)50(45(41)53)30-4-2-6-34(24-30)60-32-13-21-38(22-14-32)62(57,58)36-17-9-28(48)10-18-36/h1-26H. The Bertz CT molecular complexity index is 3370. The van der Waals surface area contributed by atoms with Crippen molar-refractivity contribution in [3.8, 4) is 34.4 Å². The molecular formula is C46H26Cl2N2O10S2.